The van der Waals surface area contributed by atoms with Crippen LogP contribution in [0.25, 0.3) is 11.0 Å². The number of alkyl halides is 3. The van der Waals surface area contributed by atoms with Crippen molar-refractivity contribution in [2.24, 2.45) is 0 Å². The first-order chi connectivity index (χ1) is 15.9. The molecule has 0 atom stereocenters. The second kappa shape index (κ2) is 8.38. The van der Waals surface area contributed by atoms with Crippen molar-refractivity contribution < 1.29 is 36.9 Å². The minimum atomic E-state index is -4.74. The van der Waals surface area contributed by atoms with Gasteiger partial charge in [0.2, 0.25) is 11.7 Å². The quantitative estimate of drug-likeness (QED) is 0.639. The molecule has 1 aromatic heterocycles. The summed E-state index contributed by atoms with van der Waals surface area (Å²) in [7, 11) is 0. The zero-order valence-electron chi connectivity index (χ0n) is 17.4. The van der Waals surface area contributed by atoms with Crippen LogP contribution in [0.15, 0.2) is 30.3 Å². The van der Waals surface area contributed by atoms with Gasteiger partial charge in [0.25, 0.3) is 0 Å². The summed E-state index contributed by atoms with van der Waals surface area (Å²) in [5.41, 5.74) is 0.943. The Morgan fingerprint density at radius 2 is 1.61 bits per heavy atom. The number of carbonyl (C=O) groups is 1. The van der Waals surface area contributed by atoms with Gasteiger partial charge >= 0.3 is 6.18 Å². The van der Waals surface area contributed by atoms with Crippen molar-refractivity contribution in [2.45, 2.75) is 25.7 Å². The van der Waals surface area contributed by atoms with Crippen LogP contribution in [0.4, 0.5) is 13.2 Å². The number of imidazole rings is 1. The molecule has 0 fully saturated rings. The molecule has 1 N–H and O–H groups in total. The largest absolute Gasteiger partial charge is 0.490 e. The van der Waals surface area contributed by atoms with E-state index in [0.717, 1.165) is 16.6 Å². The van der Waals surface area contributed by atoms with E-state index in [1.807, 2.05) is 0 Å². The minimum Gasteiger partial charge on any atom is -0.490 e. The molecule has 33 heavy (non-hydrogen) atoms. The van der Waals surface area contributed by atoms with E-state index in [2.05, 4.69) is 10.3 Å². The molecule has 0 aliphatic carbocycles. The number of nitrogens with one attached hydrogen (secondary N) is 1. The zero-order chi connectivity index (χ0) is 23.0. The van der Waals surface area contributed by atoms with Crippen molar-refractivity contribution in [2.75, 3.05) is 26.4 Å². The van der Waals surface area contributed by atoms with Crippen molar-refractivity contribution in [3.05, 3.63) is 41.7 Å². The van der Waals surface area contributed by atoms with E-state index >= 15 is 0 Å². The molecule has 0 saturated heterocycles. The minimum absolute atomic E-state index is 0.0716. The summed E-state index contributed by atoms with van der Waals surface area (Å²) < 4.78 is 63.9. The number of fused-ring (bicyclic) bond motifs is 3. The fourth-order valence-corrected chi connectivity index (χ4v) is 3.76. The molecule has 1 amide bonds. The Kier molecular flexibility index (Phi) is 5.39. The first-order valence-corrected chi connectivity index (χ1v) is 10.4. The van der Waals surface area contributed by atoms with Crippen LogP contribution < -0.4 is 24.3 Å². The maximum Gasteiger partial charge on any atom is 0.449 e. The van der Waals surface area contributed by atoms with Gasteiger partial charge in [-0.25, -0.2) is 4.98 Å². The summed E-state index contributed by atoms with van der Waals surface area (Å²) in [4.78, 5) is 16.3. The smallest absolute Gasteiger partial charge is 0.449 e. The number of carbonyl (C=O) groups excluding carboxylic acids is 1. The van der Waals surface area contributed by atoms with Crippen LogP contribution in [0.2, 0.25) is 0 Å². The molecule has 3 aromatic rings. The molecule has 2 aromatic carbocycles. The lowest BCUT2D eigenvalue weighted by Crippen LogP contribution is -2.29. The maximum atomic E-state index is 13.7. The highest BCUT2D eigenvalue weighted by molar-refractivity contribution is 5.84. The van der Waals surface area contributed by atoms with E-state index in [1.165, 1.54) is 12.1 Å². The highest BCUT2D eigenvalue weighted by Crippen LogP contribution is 2.38. The van der Waals surface area contributed by atoms with Gasteiger partial charge in [-0.1, -0.05) is 6.07 Å². The monoisotopic (exact) mass is 463 g/mol. The lowest BCUT2D eigenvalue weighted by atomic mass is 10.2. The fourth-order valence-electron chi connectivity index (χ4n) is 3.76. The normalized spacial score (nSPS) is 15.2. The molecule has 2 aliphatic heterocycles. The molecule has 5 rings (SSSR count). The third kappa shape index (κ3) is 4.35. The molecule has 2 aliphatic rings. The highest BCUT2D eigenvalue weighted by atomic mass is 19.4. The molecule has 0 unspecified atom stereocenters. The van der Waals surface area contributed by atoms with Crippen molar-refractivity contribution in [1.29, 1.82) is 0 Å². The first-order valence-electron chi connectivity index (χ1n) is 10.4. The van der Waals surface area contributed by atoms with Crippen molar-refractivity contribution in [3.63, 3.8) is 0 Å². The van der Waals surface area contributed by atoms with Gasteiger partial charge in [-0.2, -0.15) is 13.2 Å². The van der Waals surface area contributed by atoms with E-state index in [4.69, 9.17) is 18.9 Å². The topological polar surface area (TPSA) is 83.8 Å². The lowest BCUT2D eigenvalue weighted by Gasteiger charge is -2.18. The molecule has 0 spiro atoms. The number of nitrogens with zero attached hydrogens (tertiary/aromatic N) is 2. The van der Waals surface area contributed by atoms with Crippen LogP contribution in [-0.2, 0) is 24.1 Å². The number of ether oxygens (including phenoxy) is 4. The second-order valence-electron chi connectivity index (χ2n) is 7.61. The van der Waals surface area contributed by atoms with E-state index in [-0.39, 0.29) is 24.2 Å². The van der Waals surface area contributed by atoms with E-state index < -0.39 is 24.5 Å². The van der Waals surface area contributed by atoms with Crippen molar-refractivity contribution in [3.8, 4) is 23.0 Å². The number of rotatable bonds is 4. The molecule has 174 valence electrons. The van der Waals surface area contributed by atoms with Gasteiger partial charge in [0, 0.05) is 25.1 Å². The summed E-state index contributed by atoms with van der Waals surface area (Å²) in [5, 5.41) is 2.66. The average Bonchev–Trinajstić information content (AvgIpc) is 2.98. The van der Waals surface area contributed by atoms with Gasteiger partial charge < -0.3 is 28.8 Å². The predicted molar refractivity (Wildman–Crippen MR) is 110 cm³/mol. The predicted octanol–water partition coefficient (Wildman–Crippen LogP) is 3.30. The number of amides is 1. The number of hydrogen-bond donors (Lipinski definition) is 1. The van der Waals surface area contributed by atoms with Crippen molar-refractivity contribution in [1.82, 2.24) is 14.9 Å². The van der Waals surface area contributed by atoms with Gasteiger partial charge in [0.05, 0.1) is 24.2 Å². The molecule has 11 heteroatoms. The third-order valence-electron chi connectivity index (χ3n) is 5.27. The Morgan fingerprint density at radius 3 is 2.36 bits per heavy atom. The molecule has 0 radical (unpaired) electrons. The van der Waals surface area contributed by atoms with Crippen LogP contribution >= 0.6 is 0 Å². The SMILES string of the molecule is O=C(Cn1c(C(F)(F)F)nc2cc3c(cc21)OCCO3)NCc1ccc2c(c1)OCCCO2. The number of benzene rings is 2. The van der Waals surface area contributed by atoms with E-state index in [1.54, 1.807) is 18.2 Å². The zero-order valence-corrected chi connectivity index (χ0v) is 17.4. The van der Waals surface area contributed by atoms with Crippen LogP contribution in [0.5, 0.6) is 23.0 Å². The molecular formula is C22H20F3N3O5. The standard InChI is InChI=1S/C22H20F3N3O5/c23-22(24,25)21-27-14-9-18-19(33-7-6-32-18)10-15(14)28(21)12-20(29)26-11-13-2-3-16-17(8-13)31-5-1-4-30-16/h2-3,8-10H,1,4-7,11-12H2,(H,26,29). The summed E-state index contributed by atoms with van der Waals surface area (Å²) in [6, 6.07) is 8.08. The van der Waals surface area contributed by atoms with E-state index in [0.29, 0.717) is 42.8 Å². The van der Waals surface area contributed by atoms with Gasteiger partial charge in [0.15, 0.2) is 23.0 Å². The second-order valence-corrected chi connectivity index (χ2v) is 7.61. The summed E-state index contributed by atoms with van der Waals surface area (Å²) in [6.07, 6.45) is -3.97. The van der Waals surface area contributed by atoms with Crippen LogP contribution in [-0.4, -0.2) is 41.9 Å². The van der Waals surface area contributed by atoms with Gasteiger partial charge in [0.1, 0.15) is 19.8 Å². The Labute approximate surface area is 186 Å². The van der Waals surface area contributed by atoms with E-state index in [9.17, 15) is 18.0 Å². The van der Waals surface area contributed by atoms with Gasteiger partial charge in [-0.15, -0.1) is 0 Å². The summed E-state index contributed by atoms with van der Waals surface area (Å²) in [6.45, 7) is 1.23. The number of hydrogen-bond acceptors (Lipinski definition) is 6. The molecular weight excluding hydrogens is 443 g/mol. The Balaban J connectivity index is 1.37. The maximum absolute atomic E-state index is 13.7. The highest BCUT2D eigenvalue weighted by Gasteiger charge is 2.38. The van der Waals surface area contributed by atoms with Crippen molar-refractivity contribution >= 4 is 16.9 Å². The van der Waals surface area contributed by atoms with Gasteiger partial charge in [-0.05, 0) is 17.7 Å². The van der Waals surface area contributed by atoms with Crippen LogP contribution in [0.1, 0.15) is 17.8 Å². The van der Waals surface area contributed by atoms with Crippen LogP contribution in [0.3, 0.4) is 0 Å². The molecule has 8 nitrogen and oxygen atoms in total. The molecule has 3 heterocycles. The fraction of sp³-hybridized carbons (Fsp3) is 0.364. The summed E-state index contributed by atoms with van der Waals surface area (Å²) >= 11 is 0. The average molecular weight is 463 g/mol. The number of halogens is 3. The Morgan fingerprint density at radius 1 is 0.939 bits per heavy atom. The third-order valence-corrected chi connectivity index (χ3v) is 5.27. The molecule has 0 saturated carbocycles. The first kappa shape index (κ1) is 21.2. The Hall–Kier alpha value is -3.63. The van der Waals surface area contributed by atoms with Crippen LogP contribution in [0, 0.1) is 0 Å². The summed E-state index contributed by atoms with van der Waals surface area (Å²) in [5.74, 6) is 0.0811. The lowest BCUT2D eigenvalue weighted by molar-refractivity contribution is -0.147. The molecule has 0 bridgehead atoms. The number of aromatic nitrogens is 2. The van der Waals surface area contributed by atoms with Gasteiger partial charge in [-0.3, -0.25) is 4.79 Å². The Bertz CT molecular complexity index is 1210.